The maximum Gasteiger partial charge on any atom is 0.122 e. The Morgan fingerprint density at radius 1 is 1.00 bits per heavy atom. The highest BCUT2D eigenvalue weighted by atomic mass is 16.5. The van der Waals surface area contributed by atoms with Crippen molar-refractivity contribution in [1.82, 2.24) is 4.90 Å². The summed E-state index contributed by atoms with van der Waals surface area (Å²) in [6.07, 6.45) is 2.57. The molecule has 2 aromatic carbocycles. The molecule has 0 N–H and O–H groups in total. The van der Waals surface area contributed by atoms with Gasteiger partial charge in [0.15, 0.2) is 0 Å². The molecule has 0 aromatic heterocycles. The fourth-order valence-corrected chi connectivity index (χ4v) is 4.07. The fraction of sp³-hybridized carbons (Fsp3) is 0.455. The van der Waals surface area contributed by atoms with Crippen molar-refractivity contribution in [3.8, 4) is 5.75 Å². The molecule has 26 heavy (non-hydrogen) atoms. The number of anilines is 1. The van der Waals surface area contributed by atoms with E-state index in [1.165, 1.54) is 16.8 Å². The standard InChI is InChI=1S/C22H28N2O2/c1-25-17-19-7-2-4-8-21(19)24-14-12-23(13-15-24)16-20-11-10-18-6-3-5-9-22(18)26-20/h2-9,20H,10-17H2,1H3. The number of fused-ring (bicyclic) bond motifs is 1. The lowest BCUT2D eigenvalue weighted by atomic mass is 10.0. The van der Waals surface area contributed by atoms with Crippen LogP contribution in [0.4, 0.5) is 5.69 Å². The number of piperazine rings is 1. The zero-order valence-corrected chi connectivity index (χ0v) is 15.6. The molecule has 2 aliphatic heterocycles. The summed E-state index contributed by atoms with van der Waals surface area (Å²) in [6, 6.07) is 17.0. The summed E-state index contributed by atoms with van der Waals surface area (Å²) < 4.78 is 11.6. The first-order valence-electron chi connectivity index (χ1n) is 9.62. The molecule has 2 aliphatic rings. The normalized spacial score (nSPS) is 20.5. The second-order valence-electron chi connectivity index (χ2n) is 7.24. The number of hydrogen-bond acceptors (Lipinski definition) is 4. The zero-order chi connectivity index (χ0) is 17.8. The minimum Gasteiger partial charge on any atom is -0.489 e. The molecule has 0 radical (unpaired) electrons. The highest BCUT2D eigenvalue weighted by molar-refractivity contribution is 5.53. The van der Waals surface area contributed by atoms with Crippen molar-refractivity contribution in [3.63, 3.8) is 0 Å². The van der Waals surface area contributed by atoms with Gasteiger partial charge < -0.3 is 14.4 Å². The highest BCUT2D eigenvalue weighted by Gasteiger charge is 2.25. The lowest BCUT2D eigenvalue weighted by molar-refractivity contribution is 0.110. The van der Waals surface area contributed by atoms with Crippen LogP contribution in [0.15, 0.2) is 48.5 Å². The second kappa shape index (κ2) is 8.11. The van der Waals surface area contributed by atoms with Crippen LogP contribution in [0.2, 0.25) is 0 Å². The molecule has 138 valence electrons. The van der Waals surface area contributed by atoms with E-state index in [0.717, 1.165) is 51.3 Å². The molecule has 4 heteroatoms. The lowest BCUT2D eigenvalue weighted by Crippen LogP contribution is -2.50. The van der Waals surface area contributed by atoms with Gasteiger partial charge in [0.25, 0.3) is 0 Å². The molecule has 0 saturated carbocycles. The first kappa shape index (κ1) is 17.4. The summed E-state index contributed by atoms with van der Waals surface area (Å²) in [6.45, 7) is 5.99. The summed E-state index contributed by atoms with van der Waals surface area (Å²) in [5.41, 5.74) is 3.94. The monoisotopic (exact) mass is 352 g/mol. The molecular formula is C22H28N2O2. The van der Waals surface area contributed by atoms with Gasteiger partial charge in [-0.25, -0.2) is 0 Å². The third-order valence-corrected chi connectivity index (χ3v) is 5.47. The Hall–Kier alpha value is -2.04. The van der Waals surface area contributed by atoms with Gasteiger partial charge in [0.05, 0.1) is 6.61 Å². The summed E-state index contributed by atoms with van der Waals surface area (Å²) in [4.78, 5) is 5.04. The van der Waals surface area contributed by atoms with E-state index in [-0.39, 0.29) is 0 Å². The van der Waals surface area contributed by atoms with Gasteiger partial charge in [-0.2, -0.15) is 0 Å². The molecule has 4 rings (SSSR count). The van der Waals surface area contributed by atoms with Crippen LogP contribution in [0.1, 0.15) is 17.5 Å². The van der Waals surface area contributed by atoms with Crippen LogP contribution in [-0.2, 0) is 17.8 Å². The van der Waals surface area contributed by atoms with Crippen LogP contribution in [-0.4, -0.2) is 50.8 Å². The van der Waals surface area contributed by atoms with E-state index < -0.39 is 0 Å². The molecule has 0 spiro atoms. The number of benzene rings is 2. The third kappa shape index (κ3) is 3.87. The van der Waals surface area contributed by atoms with Gasteiger partial charge >= 0.3 is 0 Å². The third-order valence-electron chi connectivity index (χ3n) is 5.47. The maximum absolute atomic E-state index is 6.23. The predicted octanol–water partition coefficient (Wildman–Crippen LogP) is 3.35. The number of rotatable bonds is 5. The van der Waals surface area contributed by atoms with Crippen LogP contribution >= 0.6 is 0 Å². The second-order valence-corrected chi connectivity index (χ2v) is 7.24. The number of aryl methyl sites for hydroxylation is 1. The fourth-order valence-electron chi connectivity index (χ4n) is 4.07. The quantitative estimate of drug-likeness (QED) is 0.824. The summed E-state index contributed by atoms with van der Waals surface area (Å²) in [5, 5.41) is 0. The number of para-hydroxylation sites is 2. The first-order valence-corrected chi connectivity index (χ1v) is 9.62. The Morgan fingerprint density at radius 2 is 1.77 bits per heavy atom. The molecule has 1 unspecified atom stereocenters. The van der Waals surface area contributed by atoms with E-state index in [2.05, 4.69) is 58.3 Å². The average molecular weight is 352 g/mol. The van der Waals surface area contributed by atoms with E-state index >= 15 is 0 Å². The van der Waals surface area contributed by atoms with Crippen molar-refractivity contribution < 1.29 is 9.47 Å². The van der Waals surface area contributed by atoms with E-state index in [0.29, 0.717) is 12.7 Å². The van der Waals surface area contributed by atoms with E-state index in [1.54, 1.807) is 7.11 Å². The Morgan fingerprint density at radius 3 is 2.62 bits per heavy atom. The number of ether oxygens (including phenoxy) is 2. The van der Waals surface area contributed by atoms with Crippen molar-refractivity contribution in [2.45, 2.75) is 25.6 Å². The molecule has 4 nitrogen and oxygen atoms in total. The molecule has 0 aliphatic carbocycles. The molecule has 2 heterocycles. The van der Waals surface area contributed by atoms with Gasteiger partial charge in [0, 0.05) is 51.1 Å². The largest absolute Gasteiger partial charge is 0.489 e. The smallest absolute Gasteiger partial charge is 0.122 e. The lowest BCUT2D eigenvalue weighted by Gasteiger charge is -2.39. The van der Waals surface area contributed by atoms with Crippen LogP contribution in [0.5, 0.6) is 5.75 Å². The Labute approximate surface area is 156 Å². The maximum atomic E-state index is 6.23. The van der Waals surface area contributed by atoms with Crippen LogP contribution in [0, 0.1) is 0 Å². The van der Waals surface area contributed by atoms with Crippen molar-refractivity contribution in [2.24, 2.45) is 0 Å². The predicted molar refractivity (Wildman–Crippen MR) is 105 cm³/mol. The van der Waals surface area contributed by atoms with Gasteiger partial charge in [-0.1, -0.05) is 36.4 Å². The number of methoxy groups -OCH3 is 1. The van der Waals surface area contributed by atoms with Crippen LogP contribution < -0.4 is 9.64 Å². The average Bonchev–Trinajstić information content (AvgIpc) is 2.69. The molecule has 0 amide bonds. The Kier molecular flexibility index (Phi) is 5.42. The van der Waals surface area contributed by atoms with Gasteiger partial charge in [-0.15, -0.1) is 0 Å². The minimum atomic E-state index is 0.317. The summed E-state index contributed by atoms with van der Waals surface area (Å²) >= 11 is 0. The number of nitrogens with zero attached hydrogens (tertiary/aromatic N) is 2. The number of hydrogen-bond donors (Lipinski definition) is 0. The molecule has 1 saturated heterocycles. The highest BCUT2D eigenvalue weighted by Crippen LogP contribution is 2.28. The van der Waals surface area contributed by atoms with Crippen molar-refractivity contribution >= 4 is 5.69 Å². The zero-order valence-electron chi connectivity index (χ0n) is 15.6. The van der Waals surface area contributed by atoms with E-state index in [4.69, 9.17) is 9.47 Å². The summed E-state index contributed by atoms with van der Waals surface area (Å²) in [7, 11) is 1.76. The molecule has 2 aromatic rings. The molecule has 0 bridgehead atoms. The van der Waals surface area contributed by atoms with E-state index in [1.807, 2.05) is 0 Å². The van der Waals surface area contributed by atoms with Crippen LogP contribution in [0.25, 0.3) is 0 Å². The molecule has 1 atom stereocenters. The Bertz CT molecular complexity index is 726. The van der Waals surface area contributed by atoms with Crippen LogP contribution in [0.3, 0.4) is 0 Å². The van der Waals surface area contributed by atoms with Crippen molar-refractivity contribution in [3.05, 3.63) is 59.7 Å². The van der Waals surface area contributed by atoms with Gasteiger partial charge in [-0.05, 0) is 30.5 Å². The van der Waals surface area contributed by atoms with Gasteiger partial charge in [0.2, 0.25) is 0 Å². The summed E-state index contributed by atoms with van der Waals surface area (Å²) in [5.74, 6) is 1.08. The Balaban J connectivity index is 1.32. The van der Waals surface area contributed by atoms with Gasteiger partial charge in [0.1, 0.15) is 11.9 Å². The SMILES string of the molecule is COCc1ccccc1N1CCN(CC2CCc3ccccc3O2)CC1. The van der Waals surface area contributed by atoms with Gasteiger partial charge in [-0.3, -0.25) is 4.90 Å². The minimum absolute atomic E-state index is 0.317. The van der Waals surface area contributed by atoms with Crippen molar-refractivity contribution in [2.75, 3.05) is 44.7 Å². The molecule has 1 fully saturated rings. The molecular weight excluding hydrogens is 324 g/mol. The van der Waals surface area contributed by atoms with E-state index in [9.17, 15) is 0 Å². The first-order chi connectivity index (χ1) is 12.8. The van der Waals surface area contributed by atoms with Crippen molar-refractivity contribution in [1.29, 1.82) is 0 Å². The topological polar surface area (TPSA) is 24.9 Å².